The van der Waals surface area contributed by atoms with E-state index < -0.39 is 6.03 Å². The standard InChI is InChI=1S/C10H15N5O/c1-7(2)14-10(16)15(9(11)12)8-3-5-13-6-4-8/h3-7H,1-2H3,(H3,11,12)(H,14,16). The van der Waals surface area contributed by atoms with Crippen molar-refractivity contribution < 1.29 is 4.79 Å². The maximum atomic E-state index is 11.8. The Morgan fingerprint density at radius 3 is 2.50 bits per heavy atom. The summed E-state index contributed by atoms with van der Waals surface area (Å²) < 4.78 is 0. The predicted octanol–water partition coefficient (Wildman–Crippen LogP) is 0.899. The van der Waals surface area contributed by atoms with Crippen molar-refractivity contribution in [2.45, 2.75) is 19.9 Å². The average Bonchev–Trinajstić information content (AvgIpc) is 2.17. The second-order valence-corrected chi connectivity index (χ2v) is 3.53. The van der Waals surface area contributed by atoms with Gasteiger partial charge in [-0.05, 0) is 26.0 Å². The maximum absolute atomic E-state index is 11.8. The Labute approximate surface area is 94.0 Å². The lowest BCUT2D eigenvalue weighted by atomic mass is 10.3. The topological polar surface area (TPSA) is 95.1 Å². The van der Waals surface area contributed by atoms with E-state index in [1.54, 1.807) is 12.1 Å². The molecule has 0 fully saturated rings. The Bertz CT molecular complexity index is 376. The van der Waals surface area contributed by atoms with Crippen LogP contribution in [0.2, 0.25) is 0 Å². The zero-order chi connectivity index (χ0) is 12.1. The molecule has 0 saturated carbocycles. The van der Waals surface area contributed by atoms with Gasteiger partial charge in [-0.3, -0.25) is 10.4 Å². The van der Waals surface area contributed by atoms with Gasteiger partial charge >= 0.3 is 6.03 Å². The fourth-order valence-corrected chi connectivity index (χ4v) is 1.17. The molecule has 0 aromatic carbocycles. The lowest BCUT2D eigenvalue weighted by molar-refractivity contribution is 0.247. The quantitative estimate of drug-likeness (QED) is 0.511. The van der Waals surface area contributed by atoms with Crippen LogP contribution in [0, 0.1) is 5.41 Å². The summed E-state index contributed by atoms with van der Waals surface area (Å²) in [7, 11) is 0. The highest BCUT2D eigenvalue weighted by Crippen LogP contribution is 2.11. The van der Waals surface area contributed by atoms with Crippen LogP contribution in [0.15, 0.2) is 24.5 Å². The largest absolute Gasteiger partial charge is 0.369 e. The number of nitrogens with one attached hydrogen (secondary N) is 2. The number of carbonyl (C=O) groups is 1. The van der Waals surface area contributed by atoms with Crippen molar-refractivity contribution in [3.05, 3.63) is 24.5 Å². The van der Waals surface area contributed by atoms with Crippen LogP contribution in [-0.4, -0.2) is 23.0 Å². The molecule has 0 spiro atoms. The molecule has 4 N–H and O–H groups in total. The number of pyridine rings is 1. The second-order valence-electron chi connectivity index (χ2n) is 3.53. The van der Waals surface area contributed by atoms with Crippen molar-refractivity contribution in [2.24, 2.45) is 5.73 Å². The fourth-order valence-electron chi connectivity index (χ4n) is 1.17. The van der Waals surface area contributed by atoms with Gasteiger partial charge in [-0.15, -0.1) is 0 Å². The van der Waals surface area contributed by atoms with Gasteiger partial charge in [0.1, 0.15) is 0 Å². The molecule has 0 bridgehead atoms. The van der Waals surface area contributed by atoms with Crippen molar-refractivity contribution in [3.63, 3.8) is 0 Å². The average molecular weight is 221 g/mol. The predicted molar refractivity (Wildman–Crippen MR) is 62.3 cm³/mol. The number of nitrogens with zero attached hydrogens (tertiary/aromatic N) is 2. The number of urea groups is 1. The fraction of sp³-hybridized carbons (Fsp3) is 0.300. The molecule has 0 radical (unpaired) electrons. The van der Waals surface area contributed by atoms with Crippen molar-refractivity contribution in [1.29, 1.82) is 5.41 Å². The van der Waals surface area contributed by atoms with E-state index in [-0.39, 0.29) is 12.0 Å². The highest BCUT2D eigenvalue weighted by molar-refractivity contribution is 6.13. The van der Waals surface area contributed by atoms with E-state index in [2.05, 4.69) is 10.3 Å². The molecule has 1 aromatic rings. The van der Waals surface area contributed by atoms with Crippen molar-refractivity contribution in [1.82, 2.24) is 10.3 Å². The van der Waals surface area contributed by atoms with E-state index in [4.69, 9.17) is 11.1 Å². The molecule has 0 saturated heterocycles. The molecule has 16 heavy (non-hydrogen) atoms. The van der Waals surface area contributed by atoms with Crippen LogP contribution in [0.1, 0.15) is 13.8 Å². The normalized spacial score (nSPS) is 9.94. The molecule has 2 amide bonds. The lowest BCUT2D eigenvalue weighted by Crippen LogP contribution is -2.49. The van der Waals surface area contributed by atoms with Crippen LogP contribution in [0.3, 0.4) is 0 Å². The molecule has 1 aromatic heterocycles. The monoisotopic (exact) mass is 221 g/mol. The zero-order valence-corrected chi connectivity index (χ0v) is 9.27. The SMILES string of the molecule is CC(C)NC(=O)N(C(=N)N)c1ccncc1. The highest BCUT2D eigenvalue weighted by atomic mass is 16.2. The Morgan fingerprint density at radius 2 is 2.06 bits per heavy atom. The van der Waals surface area contributed by atoms with Crippen LogP contribution < -0.4 is 16.0 Å². The number of rotatable bonds is 2. The summed E-state index contributed by atoms with van der Waals surface area (Å²) in [6, 6.07) is 2.78. The Morgan fingerprint density at radius 1 is 1.50 bits per heavy atom. The number of anilines is 1. The van der Waals surface area contributed by atoms with Crippen LogP contribution >= 0.6 is 0 Å². The van der Waals surface area contributed by atoms with Crippen molar-refractivity contribution in [3.8, 4) is 0 Å². The van der Waals surface area contributed by atoms with E-state index in [1.807, 2.05) is 13.8 Å². The summed E-state index contributed by atoms with van der Waals surface area (Å²) in [5, 5.41) is 10.1. The number of hydrogen-bond donors (Lipinski definition) is 3. The molecule has 1 heterocycles. The molecule has 6 nitrogen and oxygen atoms in total. The first-order chi connectivity index (χ1) is 7.52. The molecule has 6 heteroatoms. The summed E-state index contributed by atoms with van der Waals surface area (Å²) in [4.78, 5) is 16.7. The minimum atomic E-state index is -0.422. The van der Waals surface area contributed by atoms with E-state index in [0.717, 1.165) is 4.90 Å². The number of nitrogens with two attached hydrogens (primary N) is 1. The third-order valence-corrected chi connectivity index (χ3v) is 1.78. The van der Waals surface area contributed by atoms with Gasteiger partial charge in [0, 0.05) is 18.4 Å². The Kier molecular flexibility index (Phi) is 3.82. The number of carbonyl (C=O) groups excluding carboxylic acids is 1. The minimum Gasteiger partial charge on any atom is -0.369 e. The van der Waals surface area contributed by atoms with Crippen molar-refractivity contribution in [2.75, 3.05) is 4.90 Å². The lowest BCUT2D eigenvalue weighted by Gasteiger charge is -2.22. The van der Waals surface area contributed by atoms with Gasteiger partial charge in [0.2, 0.25) is 5.96 Å². The van der Waals surface area contributed by atoms with Gasteiger partial charge < -0.3 is 11.1 Å². The third kappa shape index (κ3) is 2.94. The molecule has 0 aliphatic rings. The summed E-state index contributed by atoms with van der Waals surface area (Å²) in [6.45, 7) is 3.67. The summed E-state index contributed by atoms with van der Waals surface area (Å²) in [5.41, 5.74) is 5.89. The van der Waals surface area contributed by atoms with E-state index in [1.165, 1.54) is 12.4 Å². The van der Waals surface area contributed by atoms with Crippen LogP contribution in [-0.2, 0) is 0 Å². The molecule has 0 aliphatic carbocycles. The summed E-state index contributed by atoms with van der Waals surface area (Å²) >= 11 is 0. The number of guanidine groups is 1. The molecule has 86 valence electrons. The minimum absolute atomic E-state index is 0.0174. The first kappa shape index (κ1) is 12.0. The second kappa shape index (κ2) is 5.11. The summed E-state index contributed by atoms with van der Waals surface area (Å²) in [6.07, 6.45) is 3.07. The molecular formula is C10H15N5O. The van der Waals surface area contributed by atoms with E-state index in [9.17, 15) is 4.79 Å². The highest BCUT2D eigenvalue weighted by Gasteiger charge is 2.18. The van der Waals surface area contributed by atoms with Gasteiger partial charge in [0.25, 0.3) is 0 Å². The molecule has 0 aliphatic heterocycles. The number of aromatic nitrogens is 1. The molecule has 1 rings (SSSR count). The van der Waals surface area contributed by atoms with Gasteiger partial charge in [-0.1, -0.05) is 0 Å². The number of hydrogen-bond acceptors (Lipinski definition) is 3. The van der Waals surface area contributed by atoms with Gasteiger partial charge in [0.15, 0.2) is 0 Å². The smallest absolute Gasteiger partial charge is 0.329 e. The number of amides is 2. The first-order valence-electron chi connectivity index (χ1n) is 4.87. The molecule has 0 unspecified atom stereocenters. The van der Waals surface area contributed by atoms with E-state index in [0.29, 0.717) is 5.69 Å². The molecular weight excluding hydrogens is 206 g/mol. The van der Waals surface area contributed by atoms with Gasteiger partial charge in [0.05, 0.1) is 5.69 Å². The van der Waals surface area contributed by atoms with Crippen LogP contribution in [0.25, 0.3) is 0 Å². The first-order valence-corrected chi connectivity index (χ1v) is 4.87. The third-order valence-electron chi connectivity index (χ3n) is 1.78. The van der Waals surface area contributed by atoms with Crippen molar-refractivity contribution >= 4 is 17.7 Å². The van der Waals surface area contributed by atoms with Gasteiger partial charge in [-0.2, -0.15) is 0 Å². The molecule has 0 atom stereocenters. The summed E-state index contributed by atoms with van der Waals surface area (Å²) in [5.74, 6) is -0.329. The van der Waals surface area contributed by atoms with E-state index >= 15 is 0 Å². The maximum Gasteiger partial charge on any atom is 0.329 e. The van der Waals surface area contributed by atoms with Crippen LogP contribution in [0.4, 0.5) is 10.5 Å². The Hall–Kier alpha value is -2.11. The zero-order valence-electron chi connectivity index (χ0n) is 9.27. The Balaban J connectivity index is 2.92. The van der Waals surface area contributed by atoms with Crippen LogP contribution in [0.5, 0.6) is 0 Å². The van der Waals surface area contributed by atoms with Gasteiger partial charge in [-0.25, -0.2) is 9.69 Å².